The molecule has 0 saturated carbocycles. The third-order valence-corrected chi connectivity index (χ3v) is 6.14. The van der Waals surface area contributed by atoms with Crippen molar-refractivity contribution in [1.82, 2.24) is 15.2 Å². The van der Waals surface area contributed by atoms with Gasteiger partial charge in [-0.2, -0.15) is 13.2 Å². The second kappa shape index (κ2) is 9.64. The molecule has 4 rings (SSSR count). The molecule has 4 nitrogen and oxygen atoms in total. The summed E-state index contributed by atoms with van der Waals surface area (Å²) in [6, 6.07) is 6.02. The fourth-order valence-electron chi connectivity index (χ4n) is 3.79. The molecule has 0 spiro atoms. The summed E-state index contributed by atoms with van der Waals surface area (Å²) in [4.78, 5) is 18.9. The van der Waals surface area contributed by atoms with Crippen LogP contribution < -0.4 is 5.32 Å². The van der Waals surface area contributed by atoms with Gasteiger partial charge in [0.15, 0.2) is 0 Å². The Hall–Kier alpha value is -1.35. The highest BCUT2D eigenvalue weighted by molar-refractivity contribution is 7.13. The lowest BCUT2D eigenvalue weighted by Gasteiger charge is -2.24. The number of fused-ring (bicyclic) bond motifs is 2. The highest BCUT2D eigenvalue weighted by Crippen LogP contribution is 2.33. The predicted molar refractivity (Wildman–Crippen MR) is 112 cm³/mol. The maximum Gasteiger partial charge on any atom is 0.416 e. The summed E-state index contributed by atoms with van der Waals surface area (Å²) < 4.78 is 38.7. The normalized spacial score (nSPS) is 21.1. The Balaban J connectivity index is 0.00000150. The third kappa shape index (κ3) is 5.63. The molecule has 2 unspecified atom stereocenters. The number of alkyl halides is 3. The fraction of sp³-hybridized carbons (Fsp3) is 0.474. The van der Waals surface area contributed by atoms with Crippen molar-refractivity contribution in [2.45, 2.75) is 43.9 Å². The minimum absolute atomic E-state index is 0. The zero-order valence-electron chi connectivity index (χ0n) is 15.4. The first-order valence-corrected chi connectivity index (χ1v) is 9.92. The Morgan fingerprint density at radius 3 is 2.72 bits per heavy atom. The van der Waals surface area contributed by atoms with Crippen molar-refractivity contribution in [1.29, 1.82) is 0 Å². The lowest BCUT2D eigenvalue weighted by Crippen LogP contribution is -2.39. The highest BCUT2D eigenvalue weighted by Gasteiger charge is 2.32. The minimum atomic E-state index is -4.38. The maximum atomic E-state index is 12.9. The quantitative estimate of drug-likeness (QED) is 0.718. The van der Waals surface area contributed by atoms with Gasteiger partial charge in [0.05, 0.1) is 17.7 Å². The molecule has 2 atom stereocenters. The molecule has 160 valence electrons. The van der Waals surface area contributed by atoms with Crippen LogP contribution in [-0.4, -0.2) is 41.0 Å². The van der Waals surface area contributed by atoms with Gasteiger partial charge in [-0.3, -0.25) is 4.79 Å². The second-order valence-electron chi connectivity index (χ2n) is 7.17. The van der Waals surface area contributed by atoms with Crippen LogP contribution in [-0.2, 0) is 17.4 Å². The first kappa shape index (κ1) is 23.9. The molecule has 1 aromatic carbocycles. The Labute approximate surface area is 183 Å². The smallest absolute Gasteiger partial charge is 0.341 e. The molecule has 2 aliphatic rings. The lowest BCUT2D eigenvalue weighted by molar-refractivity contribution is -0.137. The Bertz CT molecular complexity index is 846. The largest absolute Gasteiger partial charge is 0.416 e. The van der Waals surface area contributed by atoms with Crippen LogP contribution in [0.3, 0.4) is 0 Å². The molecule has 2 bridgehead atoms. The molecule has 10 heteroatoms. The summed E-state index contributed by atoms with van der Waals surface area (Å²) in [6.45, 7) is 1.47. The third-order valence-electron chi connectivity index (χ3n) is 5.20. The van der Waals surface area contributed by atoms with Gasteiger partial charge >= 0.3 is 6.18 Å². The predicted octanol–water partition coefficient (Wildman–Crippen LogP) is 4.57. The van der Waals surface area contributed by atoms with Crippen LogP contribution in [0.2, 0.25) is 0 Å². The number of halogens is 5. The van der Waals surface area contributed by atoms with E-state index in [1.54, 1.807) is 11.4 Å². The molecule has 3 heterocycles. The summed E-state index contributed by atoms with van der Waals surface area (Å²) in [5.74, 6) is 0.0326. The van der Waals surface area contributed by atoms with E-state index >= 15 is 0 Å². The molecule has 1 N–H and O–H groups in total. The van der Waals surface area contributed by atoms with Gasteiger partial charge in [-0.1, -0.05) is 12.1 Å². The van der Waals surface area contributed by atoms with Gasteiger partial charge < -0.3 is 10.2 Å². The summed E-state index contributed by atoms with van der Waals surface area (Å²) in [7, 11) is 0. The zero-order chi connectivity index (χ0) is 19.0. The summed E-state index contributed by atoms with van der Waals surface area (Å²) in [5.41, 5.74) is 0.338. The SMILES string of the molecule is Cl.Cl.O=C(Cc1csc(-c2cccc(C(F)(F)F)c2)n1)N1CCC2CCC(C1)N2. The number of benzene rings is 1. The van der Waals surface area contributed by atoms with Crippen LogP contribution in [0.5, 0.6) is 0 Å². The zero-order valence-corrected chi connectivity index (χ0v) is 17.9. The number of carbonyl (C=O) groups excluding carboxylic acids is 1. The van der Waals surface area contributed by atoms with E-state index in [2.05, 4.69) is 10.3 Å². The van der Waals surface area contributed by atoms with Gasteiger partial charge in [-0.25, -0.2) is 4.98 Å². The molecule has 0 aliphatic carbocycles. The fourth-order valence-corrected chi connectivity index (χ4v) is 4.60. The van der Waals surface area contributed by atoms with Crippen LogP contribution in [0.25, 0.3) is 10.6 Å². The average Bonchev–Trinajstić information content (AvgIpc) is 3.20. The van der Waals surface area contributed by atoms with Crippen LogP contribution in [0.4, 0.5) is 13.2 Å². The number of nitrogens with one attached hydrogen (secondary N) is 1. The van der Waals surface area contributed by atoms with E-state index in [1.807, 2.05) is 4.90 Å². The summed E-state index contributed by atoms with van der Waals surface area (Å²) in [5, 5.41) is 5.81. The van der Waals surface area contributed by atoms with Gasteiger partial charge in [0.25, 0.3) is 0 Å². The lowest BCUT2D eigenvalue weighted by atomic mass is 10.1. The first-order valence-electron chi connectivity index (χ1n) is 9.04. The van der Waals surface area contributed by atoms with Crippen LogP contribution >= 0.6 is 36.2 Å². The number of likely N-dealkylation sites (tertiary alicyclic amines) is 1. The van der Waals surface area contributed by atoms with Crippen molar-refractivity contribution in [3.63, 3.8) is 0 Å². The number of aromatic nitrogens is 1. The van der Waals surface area contributed by atoms with Crippen molar-refractivity contribution < 1.29 is 18.0 Å². The number of carbonyl (C=O) groups is 1. The summed E-state index contributed by atoms with van der Waals surface area (Å²) in [6.07, 6.45) is -0.947. The molecular weight excluding hydrogens is 446 g/mol. The number of nitrogens with zero attached hydrogens (tertiary/aromatic N) is 2. The Kier molecular flexibility index (Phi) is 7.95. The number of rotatable bonds is 3. The van der Waals surface area contributed by atoms with E-state index in [9.17, 15) is 18.0 Å². The monoisotopic (exact) mass is 467 g/mol. The molecule has 1 aromatic heterocycles. The number of amides is 1. The molecule has 2 saturated heterocycles. The van der Waals surface area contributed by atoms with E-state index in [-0.39, 0.29) is 37.1 Å². The van der Waals surface area contributed by atoms with Crippen molar-refractivity contribution in [2.75, 3.05) is 13.1 Å². The number of hydrogen-bond donors (Lipinski definition) is 1. The van der Waals surface area contributed by atoms with Crippen LogP contribution in [0.15, 0.2) is 29.6 Å². The molecule has 2 fully saturated rings. The van der Waals surface area contributed by atoms with E-state index in [0.29, 0.717) is 28.3 Å². The molecule has 1 amide bonds. The first-order chi connectivity index (χ1) is 12.9. The van der Waals surface area contributed by atoms with E-state index < -0.39 is 11.7 Å². The minimum Gasteiger partial charge on any atom is -0.341 e. The Morgan fingerprint density at radius 1 is 1.21 bits per heavy atom. The highest BCUT2D eigenvalue weighted by atomic mass is 35.5. The molecular formula is C19H22Cl2F3N3OS. The van der Waals surface area contributed by atoms with Crippen molar-refractivity contribution in [2.24, 2.45) is 0 Å². The molecule has 0 radical (unpaired) electrons. The van der Waals surface area contributed by atoms with E-state index in [1.165, 1.54) is 23.8 Å². The Morgan fingerprint density at radius 2 is 1.97 bits per heavy atom. The van der Waals surface area contributed by atoms with Crippen LogP contribution in [0, 0.1) is 0 Å². The second-order valence-corrected chi connectivity index (χ2v) is 8.02. The van der Waals surface area contributed by atoms with Crippen molar-refractivity contribution in [3.8, 4) is 10.6 Å². The van der Waals surface area contributed by atoms with E-state index in [0.717, 1.165) is 38.1 Å². The topological polar surface area (TPSA) is 45.2 Å². The number of thiazole rings is 1. The maximum absolute atomic E-state index is 12.9. The van der Waals surface area contributed by atoms with Crippen LogP contribution in [0.1, 0.15) is 30.5 Å². The van der Waals surface area contributed by atoms with Gasteiger partial charge in [0.1, 0.15) is 5.01 Å². The van der Waals surface area contributed by atoms with Gasteiger partial charge in [-0.05, 0) is 31.4 Å². The van der Waals surface area contributed by atoms with Gasteiger partial charge in [0.2, 0.25) is 5.91 Å². The molecule has 29 heavy (non-hydrogen) atoms. The standard InChI is InChI=1S/C19H20F3N3OS.2ClH/c20-19(21,22)13-3-1-2-12(8-13)18-24-16(11-27-18)9-17(26)25-7-6-14-4-5-15(10-25)23-14;;/h1-3,8,11,14-15,23H,4-7,9-10H2;2*1H. The average molecular weight is 468 g/mol. The number of hydrogen-bond acceptors (Lipinski definition) is 4. The van der Waals surface area contributed by atoms with Crippen molar-refractivity contribution >= 4 is 42.1 Å². The van der Waals surface area contributed by atoms with E-state index in [4.69, 9.17) is 0 Å². The van der Waals surface area contributed by atoms with Crippen molar-refractivity contribution in [3.05, 3.63) is 40.9 Å². The molecule has 2 aromatic rings. The molecule has 2 aliphatic heterocycles. The van der Waals surface area contributed by atoms with Gasteiger partial charge in [0, 0.05) is 36.1 Å². The summed E-state index contributed by atoms with van der Waals surface area (Å²) >= 11 is 1.27. The van der Waals surface area contributed by atoms with Gasteiger partial charge in [-0.15, -0.1) is 36.2 Å².